The van der Waals surface area contributed by atoms with E-state index in [0.29, 0.717) is 18.7 Å². The number of hydrazone groups is 1. The monoisotopic (exact) mass is 443 g/mol. The Labute approximate surface area is 188 Å². The largest absolute Gasteiger partial charge is 0.476 e. The molecule has 166 valence electrons. The van der Waals surface area contributed by atoms with Crippen LogP contribution in [0.3, 0.4) is 0 Å². The zero-order chi connectivity index (χ0) is 23.4. The lowest BCUT2D eigenvalue weighted by Gasteiger charge is -2.25. The second-order valence-electron chi connectivity index (χ2n) is 6.68. The Morgan fingerprint density at radius 2 is 1.87 bits per heavy atom. The summed E-state index contributed by atoms with van der Waals surface area (Å²) in [6, 6.07) is 7.58. The first-order chi connectivity index (χ1) is 14.8. The van der Waals surface area contributed by atoms with Crippen molar-refractivity contribution in [3.8, 4) is 0 Å². The topological polar surface area (TPSA) is 117 Å². The summed E-state index contributed by atoms with van der Waals surface area (Å²) in [6.45, 7) is 13.9. The van der Waals surface area contributed by atoms with Crippen molar-refractivity contribution in [3.63, 3.8) is 0 Å². The fourth-order valence-corrected chi connectivity index (χ4v) is 3.27. The first-order valence-electron chi connectivity index (χ1n) is 9.81. The molecule has 1 aromatic rings. The predicted octanol–water partition coefficient (Wildman–Crippen LogP) is 4.23. The minimum absolute atomic E-state index is 0.0654. The highest BCUT2D eigenvalue weighted by molar-refractivity contribution is 6.31. The zero-order valence-electron chi connectivity index (χ0n) is 17.9. The summed E-state index contributed by atoms with van der Waals surface area (Å²) in [5, 5.41) is 13.1. The first kappa shape index (κ1) is 25.7. The molecule has 0 aliphatic rings. The normalized spacial score (nSPS) is 13.0. The average Bonchev–Trinajstić information content (AvgIpc) is 2.77. The van der Waals surface area contributed by atoms with Crippen molar-refractivity contribution in [2.45, 2.75) is 32.7 Å². The van der Waals surface area contributed by atoms with E-state index in [1.54, 1.807) is 17.1 Å². The van der Waals surface area contributed by atoms with Crippen LogP contribution >= 0.6 is 11.6 Å². The van der Waals surface area contributed by atoms with Crippen molar-refractivity contribution in [1.82, 2.24) is 4.90 Å². The molecule has 0 spiro atoms. The molecule has 0 radical (unpaired) electrons. The minimum atomic E-state index is -1.14. The Kier molecular flexibility index (Phi) is 10.8. The van der Waals surface area contributed by atoms with Crippen molar-refractivity contribution < 1.29 is 9.90 Å². The molecule has 1 aromatic carbocycles. The van der Waals surface area contributed by atoms with Crippen LogP contribution in [0.25, 0.3) is 5.57 Å². The third-order valence-corrected chi connectivity index (χ3v) is 4.93. The Hall–Kier alpha value is -3.32. The highest BCUT2D eigenvalue weighted by atomic mass is 35.5. The molecule has 31 heavy (non-hydrogen) atoms. The maximum absolute atomic E-state index is 11.8. The van der Waals surface area contributed by atoms with E-state index >= 15 is 0 Å². The molecule has 0 heterocycles. The van der Waals surface area contributed by atoms with Gasteiger partial charge in [-0.25, -0.2) is 9.79 Å². The molecule has 0 aromatic heterocycles. The lowest BCUT2D eigenvalue weighted by Crippen LogP contribution is -2.29. The summed E-state index contributed by atoms with van der Waals surface area (Å²) in [5.74, 6) is 4.31. The average molecular weight is 444 g/mol. The number of nitrogens with zero attached hydrogens (tertiary/aromatic N) is 3. The van der Waals surface area contributed by atoms with Crippen LogP contribution in [0.15, 0.2) is 76.1 Å². The molecule has 0 saturated heterocycles. The van der Waals surface area contributed by atoms with Gasteiger partial charge >= 0.3 is 5.97 Å². The third-order valence-electron chi connectivity index (χ3n) is 4.64. The molecule has 0 unspecified atom stereocenters. The summed E-state index contributed by atoms with van der Waals surface area (Å²) in [4.78, 5) is 17.1. The Morgan fingerprint density at radius 3 is 2.32 bits per heavy atom. The second-order valence-corrected chi connectivity index (χ2v) is 7.04. The van der Waals surface area contributed by atoms with Gasteiger partial charge in [0.15, 0.2) is 16.7 Å². The van der Waals surface area contributed by atoms with Gasteiger partial charge in [-0.1, -0.05) is 80.9 Å². The number of allylic oxidation sites excluding steroid dienone is 2. The van der Waals surface area contributed by atoms with Gasteiger partial charge in [-0.2, -0.15) is 5.10 Å². The second kappa shape index (κ2) is 13.1. The van der Waals surface area contributed by atoms with Crippen molar-refractivity contribution in [2.24, 2.45) is 21.7 Å². The highest BCUT2D eigenvalue weighted by Crippen LogP contribution is 2.24. The highest BCUT2D eigenvalue weighted by Gasteiger charge is 2.21. The quantitative estimate of drug-likeness (QED) is 0.0616. The van der Waals surface area contributed by atoms with Crippen LogP contribution in [-0.4, -0.2) is 35.1 Å². The Morgan fingerprint density at radius 1 is 1.23 bits per heavy atom. The number of amidine groups is 1. The van der Waals surface area contributed by atoms with Gasteiger partial charge in [-0.05, 0) is 29.8 Å². The van der Waals surface area contributed by atoms with Gasteiger partial charge in [-0.3, -0.25) is 0 Å². The maximum atomic E-state index is 11.8. The van der Waals surface area contributed by atoms with Crippen molar-refractivity contribution >= 4 is 35.7 Å². The molecule has 0 aliphatic heterocycles. The number of unbranched alkanes of at least 4 members (excludes halogenated alkanes) is 2. The van der Waals surface area contributed by atoms with Crippen LogP contribution in [0, 0.1) is 0 Å². The van der Waals surface area contributed by atoms with E-state index in [0.717, 1.165) is 36.0 Å². The maximum Gasteiger partial charge on any atom is 0.355 e. The van der Waals surface area contributed by atoms with E-state index in [4.69, 9.17) is 23.2 Å². The van der Waals surface area contributed by atoms with Crippen LogP contribution in [0.1, 0.15) is 37.3 Å². The molecule has 7 nitrogen and oxygen atoms in total. The van der Waals surface area contributed by atoms with E-state index in [1.165, 1.54) is 0 Å². The number of aliphatic carboxylic acids is 1. The Bertz CT molecular complexity index is 901. The van der Waals surface area contributed by atoms with Gasteiger partial charge in [0.05, 0.1) is 0 Å². The molecular weight excluding hydrogens is 414 g/mol. The molecule has 8 heteroatoms. The minimum Gasteiger partial charge on any atom is -0.476 e. The van der Waals surface area contributed by atoms with Gasteiger partial charge in [0.25, 0.3) is 0 Å². The van der Waals surface area contributed by atoms with Crippen molar-refractivity contribution in [3.05, 3.63) is 77.1 Å². The summed E-state index contributed by atoms with van der Waals surface area (Å²) < 4.78 is 0. The number of carboxylic acid groups (broad SMARTS) is 1. The molecule has 0 bridgehead atoms. The smallest absolute Gasteiger partial charge is 0.355 e. The van der Waals surface area contributed by atoms with Gasteiger partial charge in [0.2, 0.25) is 0 Å². The molecule has 1 rings (SSSR count). The van der Waals surface area contributed by atoms with Crippen molar-refractivity contribution in [2.75, 3.05) is 6.54 Å². The van der Waals surface area contributed by atoms with E-state index in [1.807, 2.05) is 24.3 Å². The number of halogens is 1. The lowest BCUT2D eigenvalue weighted by atomic mass is 9.98. The number of carbonyl (C=O) groups is 1. The molecule has 0 aliphatic carbocycles. The zero-order valence-corrected chi connectivity index (χ0v) is 18.6. The van der Waals surface area contributed by atoms with Crippen LogP contribution in [0.5, 0.6) is 0 Å². The third kappa shape index (κ3) is 7.15. The van der Waals surface area contributed by atoms with Gasteiger partial charge in [-0.15, -0.1) is 0 Å². The van der Waals surface area contributed by atoms with Gasteiger partial charge in [0.1, 0.15) is 0 Å². The van der Waals surface area contributed by atoms with E-state index < -0.39 is 5.97 Å². The summed E-state index contributed by atoms with van der Waals surface area (Å²) in [7, 11) is 0. The number of benzene rings is 1. The molecular formula is C23H30ClN5O2. The van der Waals surface area contributed by atoms with Crippen LogP contribution in [0.2, 0.25) is 0 Å². The molecule has 0 saturated carbocycles. The van der Waals surface area contributed by atoms with Crippen LogP contribution < -0.4 is 11.6 Å². The molecule has 5 N–H and O–H groups in total. The fraction of sp³-hybridized carbons (Fsp3) is 0.261. The number of nitrogens with two attached hydrogens (primary N) is 2. The standard InChI is InChI=1S/C23H30ClN5O2/c1-5-8-9-14-29(20(23(30)31)21(24)27-4)15-16-10-12-17(13-11-16)18(6-2)19(7-3)22(25)28-26/h6-7,10-13H,2-5,8-9,14-15,26H2,1H3,(H2,25,28)(H,30,31)/b19-18-,21-20-. The van der Waals surface area contributed by atoms with E-state index in [9.17, 15) is 9.90 Å². The summed E-state index contributed by atoms with van der Waals surface area (Å²) in [6.07, 6.45) is 6.04. The van der Waals surface area contributed by atoms with E-state index in [2.05, 4.69) is 36.9 Å². The number of carboxylic acids is 1. The fourth-order valence-electron chi connectivity index (χ4n) is 3.07. The molecule has 0 atom stereocenters. The van der Waals surface area contributed by atoms with Gasteiger partial charge in [0, 0.05) is 18.7 Å². The number of aliphatic imine (C=N–C) groups is 1. The Balaban J connectivity index is 3.30. The van der Waals surface area contributed by atoms with Gasteiger partial charge < -0.3 is 21.6 Å². The first-order valence-corrected chi connectivity index (χ1v) is 10.2. The number of hydrogen-bond donors (Lipinski definition) is 3. The SMILES string of the molecule is C=CC(/C(N)=N/N)=C(\C=C)c1ccc(CN(CCCCC)/C(C(=O)O)=C(/Cl)N=C)cc1. The van der Waals surface area contributed by atoms with Crippen LogP contribution in [-0.2, 0) is 11.3 Å². The molecule has 0 amide bonds. The van der Waals surface area contributed by atoms with Crippen LogP contribution in [0.4, 0.5) is 0 Å². The molecule has 0 fully saturated rings. The number of rotatable bonds is 13. The lowest BCUT2D eigenvalue weighted by molar-refractivity contribution is -0.134. The summed E-state index contributed by atoms with van der Waals surface area (Å²) >= 11 is 6.05. The predicted molar refractivity (Wildman–Crippen MR) is 130 cm³/mol. The number of hydrogen-bond acceptors (Lipinski definition) is 5. The summed E-state index contributed by atoms with van der Waals surface area (Å²) in [5.41, 5.74) is 8.84. The van der Waals surface area contributed by atoms with E-state index in [-0.39, 0.29) is 16.7 Å². The van der Waals surface area contributed by atoms with Crippen molar-refractivity contribution in [1.29, 1.82) is 0 Å².